The molecule has 0 aromatic heterocycles. The lowest BCUT2D eigenvalue weighted by Gasteiger charge is -2.22. The molecule has 1 aliphatic rings. The van der Waals surface area contributed by atoms with E-state index >= 15 is 0 Å². The van der Waals surface area contributed by atoms with Crippen LogP contribution in [0, 0.1) is 35.0 Å². The maximum absolute atomic E-state index is 14.4. The van der Waals surface area contributed by atoms with Gasteiger partial charge in [-0.1, -0.05) is 19.1 Å². The Labute approximate surface area is 156 Å². The Hall–Kier alpha value is -2.51. The predicted molar refractivity (Wildman–Crippen MR) is 88.2 cm³/mol. The number of rotatable bonds is 4. The number of allylic oxidation sites excluding steroid dienone is 2. The van der Waals surface area contributed by atoms with Gasteiger partial charge < -0.3 is 4.74 Å². The molecule has 0 radical (unpaired) electrons. The van der Waals surface area contributed by atoms with Crippen LogP contribution in [0.1, 0.15) is 37.3 Å². The zero-order valence-electron chi connectivity index (χ0n) is 14.6. The summed E-state index contributed by atoms with van der Waals surface area (Å²) in [5, 5.41) is 0. The third-order valence-corrected chi connectivity index (χ3v) is 4.62. The number of benzene rings is 2. The lowest BCUT2D eigenvalue weighted by Crippen LogP contribution is -2.24. The molecule has 2 aromatic carbocycles. The Morgan fingerprint density at radius 1 is 0.929 bits per heavy atom. The van der Waals surface area contributed by atoms with E-state index in [4.69, 9.17) is 0 Å². The summed E-state index contributed by atoms with van der Waals surface area (Å²) in [5.74, 6) is -9.35. The SMILES string of the molecule is CC1CC=C(c2ccc(C(F)(F)Oc3cc(F)c(F)c(F)c3)c(F)c2F)CC1. The first-order valence-electron chi connectivity index (χ1n) is 8.49. The molecule has 1 nitrogen and oxygen atoms in total. The van der Waals surface area contributed by atoms with Crippen molar-refractivity contribution in [2.75, 3.05) is 0 Å². The molecule has 0 spiro atoms. The number of hydrogen-bond donors (Lipinski definition) is 0. The molecule has 0 heterocycles. The van der Waals surface area contributed by atoms with Crippen molar-refractivity contribution in [1.82, 2.24) is 0 Å². The van der Waals surface area contributed by atoms with E-state index in [0.29, 0.717) is 30.4 Å². The molecular weight excluding hydrogens is 389 g/mol. The van der Waals surface area contributed by atoms with E-state index in [2.05, 4.69) is 4.74 Å². The Morgan fingerprint density at radius 2 is 1.57 bits per heavy atom. The first-order chi connectivity index (χ1) is 13.1. The fourth-order valence-electron chi connectivity index (χ4n) is 3.03. The minimum absolute atomic E-state index is 0.122. The molecule has 0 saturated carbocycles. The maximum atomic E-state index is 14.4. The molecule has 2 aromatic rings. The Bertz CT molecular complexity index is 913. The normalized spacial score (nSPS) is 17.4. The Kier molecular flexibility index (Phi) is 5.41. The first-order valence-corrected chi connectivity index (χ1v) is 8.49. The molecule has 3 rings (SSSR count). The highest BCUT2D eigenvalue weighted by Gasteiger charge is 2.40. The molecule has 0 fully saturated rings. The summed E-state index contributed by atoms with van der Waals surface area (Å²) in [6, 6.07) is 2.04. The van der Waals surface area contributed by atoms with Crippen molar-refractivity contribution in [2.24, 2.45) is 5.92 Å². The fourth-order valence-corrected chi connectivity index (χ4v) is 3.03. The van der Waals surface area contributed by atoms with Crippen molar-refractivity contribution in [3.05, 3.63) is 70.6 Å². The van der Waals surface area contributed by atoms with Crippen molar-refractivity contribution in [3.63, 3.8) is 0 Å². The van der Waals surface area contributed by atoms with E-state index in [1.807, 2.05) is 6.92 Å². The smallest absolute Gasteiger partial charge is 0.429 e. The van der Waals surface area contributed by atoms with Crippen molar-refractivity contribution >= 4 is 5.57 Å². The van der Waals surface area contributed by atoms with Gasteiger partial charge in [-0.15, -0.1) is 0 Å². The molecule has 8 heteroatoms. The summed E-state index contributed by atoms with van der Waals surface area (Å²) >= 11 is 0. The standard InChI is InChI=1S/C20H15F7O/c1-10-2-4-11(5-3-10)13-6-7-14(18(24)17(13)23)20(26,27)28-12-8-15(21)19(25)16(22)9-12/h4,6-10H,2-3,5H2,1H3. The monoisotopic (exact) mass is 404 g/mol. The molecule has 1 unspecified atom stereocenters. The summed E-state index contributed by atoms with van der Waals surface area (Å²) in [7, 11) is 0. The van der Waals surface area contributed by atoms with Gasteiger partial charge in [-0.05, 0) is 36.8 Å². The quantitative estimate of drug-likeness (QED) is 0.406. The second kappa shape index (κ2) is 7.48. The summed E-state index contributed by atoms with van der Waals surface area (Å²) in [6.45, 7) is 2.01. The topological polar surface area (TPSA) is 9.23 Å². The highest BCUT2D eigenvalue weighted by Crippen LogP contribution is 2.38. The van der Waals surface area contributed by atoms with E-state index in [-0.39, 0.29) is 17.7 Å². The van der Waals surface area contributed by atoms with Crippen LogP contribution in [-0.2, 0) is 6.11 Å². The molecule has 0 amide bonds. The maximum Gasteiger partial charge on any atom is 0.429 e. The molecule has 1 aliphatic carbocycles. The summed E-state index contributed by atoms with van der Waals surface area (Å²) < 4.78 is 101. The van der Waals surface area contributed by atoms with E-state index in [1.54, 1.807) is 6.08 Å². The Morgan fingerprint density at radius 3 is 2.14 bits per heavy atom. The van der Waals surface area contributed by atoms with E-state index < -0.39 is 46.5 Å². The molecule has 0 saturated heterocycles. The largest absolute Gasteiger partial charge is 0.429 e. The zero-order valence-corrected chi connectivity index (χ0v) is 14.6. The Balaban J connectivity index is 1.93. The van der Waals surface area contributed by atoms with Gasteiger partial charge in [0.05, 0.1) is 0 Å². The molecule has 0 bridgehead atoms. The van der Waals surface area contributed by atoms with E-state index in [1.165, 1.54) is 0 Å². The second-order valence-electron chi connectivity index (χ2n) is 6.72. The lowest BCUT2D eigenvalue weighted by molar-refractivity contribution is -0.188. The lowest BCUT2D eigenvalue weighted by atomic mass is 9.87. The van der Waals surface area contributed by atoms with Crippen LogP contribution in [0.3, 0.4) is 0 Å². The second-order valence-corrected chi connectivity index (χ2v) is 6.72. The average Bonchev–Trinajstić information content (AvgIpc) is 2.62. The number of hydrogen-bond acceptors (Lipinski definition) is 1. The van der Waals surface area contributed by atoms with Crippen molar-refractivity contribution in [1.29, 1.82) is 0 Å². The van der Waals surface area contributed by atoms with Gasteiger partial charge in [0.2, 0.25) is 0 Å². The molecule has 1 atom stereocenters. The molecule has 150 valence electrons. The van der Waals surface area contributed by atoms with Crippen LogP contribution in [0.4, 0.5) is 30.7 Å². The van der Waals surface area contributed by atoms with Crippen molar-refractivity contribution < 1.29 is 35.5 Å². The summed E-state index contributed by atoms with van der Waals surface area (Å²) in [6.07, 6.45) is -0.799. The van der Waals surface area contributed by atoms with Crippen LogP contribution < -0.4 is 4.74 Å². The zero-order chi connectivity index (χ0) is 20.6. The van der Waals surface area contributed by atoms with Crippen LogP contribution in [0.25, 0.3) is 5.57 Å². The van der Waals surface area contributed by atoms with E-state index in [9.17, 15) is 30.7 Å². The van der Waals surface area contributed by atoms with Crippen molar-refractivity contribution in [3.8, 4) is 5.75 Å². The summed E-state index contributed by atoms with van der Waals surface area (Å²) in [5.41, 5.74) is -1.04. The third-order valence-electron chi connectivity index (χ3n) is 4.62. The molecule has 0 aliphatic heterocycles. The molecule has 0 N–H and O–H groups in total. The molecular formula is C20H15F7O. The van der Waals surface area contributed by atoms with Gasteiger partial charge in [0.1, 0.15) is 11.3 Å². The van der Waals surface area contributed by atoms with Gasteiger partial charge in [-0.3, -0.25) is 0 Å². The molecule has 28 heavy (non-hydrogen) atoms. The fraction of sp³-hybridized carbons (Fsp3) is 0.300. The summed E-state index contributed by atoms with van der Waals surface area (Å²) in [4.78, 5) is 0. The number of halogens is 7. The third kappa shape index (κ3) is 3.86. The van der Waals surface area contributed by atoms with E-state index in [0.717, 1.165) is 12.5 Å². The highest BCUT2D eigenvalue weighted by molar-refractivity contribution is 5.67. The number of alkyl halides is 2. The van der Waals surface area contributed by atoms with Crippen LogP contribution in [-0.4, -0.2) is 0 Å². The minimum atomic E-state index is -4.45. The van der Waals surface area contributed by atoms with Gasteiger partial charge in [0.25, 0.3) is 0 Å². The van der Waals surface area contributed by atoms with Crippen molar-refractivity contribution in [2.45, 2.75) is 32.3 Å². The minimum Gasteiger partial charge on any atom is -0.429 e. The van der Waals surface area contributed by atoms with Crippen LogP contribution >= 0.6 is 0 Å². The van der Waals surface area contributed by atoms with Gasteiger partial charge in [-0.2, -0.15) is 8.78 Å². The van der Waals surface area contributed by atoms with Gasteiger partial charge >= 0.3 is 6.11 Å². The average molecular weight is 404 g/mol. The number of ether oxygens (including phenoxy) is 1. The predicted octanol–water partition coefficient (Wildman–Crippen LogP) is 6.71. The van der Waals surface area contributed by atoms with Gasteiger partial charge in [0.15, 0.2) is 29.1 Å². The first kappa shape index (κ1) is 20.2. The van der Waals surface area contributed by atoms with Gasteiger partial charge in [0, 0.05) is 17.7 Å². The van der Waals surface area contributed by atoms with Crippen LogP contribution in [0.15, 0.2) is 30.3 Å². The van der Waals surface area contributed by atoms with Crippen LogP contribution in [0.5, 0.6) is 5.75 Å². The van der Waals surface area contributed by atoms with Crippen LogP contribution in [0.2, 0.25) is 0 Å². The highest BCUT2D eigenvalue weighted by atomic mass is 19.3. The van der Waals surface area contributed by atoms with Gasteiger partial charge in [-0.25, -0.2) is 22.0 Å².